The highest BCUT2D eigenvalue weighted by Gasteiger charge is 2.27. The van der Waals surface area contributed by atoms with Crippen molar-refractivity contribution in [3.05, 3.63) is 42.5 Å². The van der Waals surface area contributed by atoms with Gasteiger partial charge in [-0.2, -0.15) is 0 Å². The summed E-state index contributed by atoms with van der Waals surface area (Å²) in [6, 6.07) is 7.17. The van der Waals surface area contributed by atoms with Crippen LogP contribution in [-0.4, -0.2) is 37.3 Å². The molecule has 1 N–H and O–H groups in total. The van der Waals surface area contributed by atoms with Crippen molar-refractivity contribution in [2.75, 3.05) is 12.9 Å². The minimum atomic E-state index is -3.23. The van der Waals surface area contributed by atoms with Crippen LogP contribution in [-0.2, 0) is 10.0 Å². The van der Waals surface area contributed by atoms with Gasteiger partial charge in [0, 0.05) is 17.5 Å². The summed E-state index contributed by atoms with van der Waals surface area (Å²) >= 11 is 0. The number of halogens is 1. The van der Waals surface area contributed by atoms with Gasteiger partial charge in [-0.15, -0.1) is 0 Å². The Morgan fingerprint density at radius 3 is 2.46 bits per heavy atom. The molecule has 2 aromatic rings. The molecular weight excluding hydrogens is 357 g/mol. The van der Waals surface area contributed by atoms with Gasteiger partial charge < -0.3 is 4.74 Å². The molecule has 0 amide bonds. The van der Waals surface area contributed by atoms with E-state index in [-0.39, 0.29) is 12.0 Å². The number of sulfonamides is 1. The van der Waals surface area contributed by atoms with Crippen LogP contribution < -0.4 is 9.46 Å². The third-order valence-electron chi connectivity index (χ3n) is 4.47. The Labute approximate surface area is 152 Å². The molecule has 0 radical (unpaired) electrons. The highest BCUT2D eigenvalue weighted by Crippen LogP contribution is 2.26. The largest absolute Gasteiger partial charge is 0.493 e. The van der Waals surface area contributed by atoms with E-state index in [0.717, 1.165) is 43.6 Å². The van der Waals surface area contributed by atoms with Gasteiger partial charge in [0.15, 0.2) is 11.6 Å². The monoisotopic (exact) mass is 379 g/mol. The average molecular weight is 379 g/mol. The van der Waals surface area contributed by atoms with Crippen LogP contribution in [0, 0.1) is 11.7 Å². The smallest absolute Gasteiger partial charge is 0.208 e. The summed E-state index contributed by atoms with van der Waals surface area (Å²) in [4.78, 5) is 7.90. The van der Waals surface area contributed by atoms with Gasteiger partial charge in [-0.1, -0.05) is 12.8 Å². The molecule has 1 aromatic heterocycles. The SMILES string of the molecule is CS(=O)(=O)N[C@H]1CCCC[C@@H]1COc1ccc(-c2ncc(F)cn2)cc1. The van der Waals surface area contributed by atoms with E-state index >= 15 is 0 Å². The Bertz CT molecular complexity index is 826. The van der Waals surface area contributed by atoms with Crippen LogP contribution >= 0.6 is 0 Å². The number of aromatic nitrogens is 2. The van der Waals surface area contributed by atoms with Crippen LogP contribution in [0.4, 0.5) is 4.39 Å². The normalized spacial score (nSPS) is 20.7. The zero-order chi connectivity index (χ0) is 18.6. The van der Waals surface area contributed by atoms with E-state index in [9.17, 15) is 12.8 Å². The molecule has 6 nitrogen and oxygen atoms in total. The molecule has 3 rings (SSSR count). The topological polar surface area (TPSA) is 81.2 Å². The van der Waals surface area contributed by atoms with Crippen molar-refractivity contribution in [3.63, 3.8) is 0 Å². The highest BCUT2D eigenvalue weighted by molar-refractivity contribution is 7.88. The van der Waals surface area contributed by atoms with E-state index in [1.54, 1.807) is 0 Å². The first-order valence-corrected chi connectivity index (χ1v) is 10.5. The third-order valence-corrected chi connectivity index (χ3v) is 5.20. The number of benzene rings is 1. The molecule has 1 heterocycles. The number of nitrogens with zero attached hydrogens (tertiary/aromatic N) is 2. The van der Waals surface area contributed by atoms with Gasteiger partial charge in [0.25, 0.3) is 0 Å². The maximum atomic E-state index is 12.9. The van der Waals surface area contributed by atoms with Crippen LogP contribution in [0.3, 0.4) is 0 Å². The van der Waals surface area contributed by atoms with E-state index in [1.165, 1.54) is 6.26 Å². The van der Waals surface area contributed by atoms with E-state index in [4.69, 9.17) is 4.74 Å². The quantitative estimate of drug-likeness (QED) is 0.835. The average Bonchev–Trinajstić information content (AvgIpc) is 2.61. The summed E-state index contributed by atoms with van der Waals surface area (Å²) in [5.41, 5.74) is 0.770. The molecule has 1 aliphatic rings. The van der Waals surface area contributed by atoms with E-state index < -0.39 is 15.8 Å². The summed E-state index contributed by atoms with van der Waals surface area (Å²) in [7, 11) is -3.23. The number of hydrogen-bond donors (Lipinski definition) is 1. The molecule has 0 saturated heterocycles. The summed E-state index contributed by atoms with van der Waals surface area (Å²) in [6.45, 7) is 0.458. The lowest BCUT2D eigenvalue weighted by Crippen LogP contribution is -2.43. The minimum absolute atomic E-state index is 0.0781. The van der Waals surface area contributed by atoms with Crippen molar-refractivity contribution in [3.8, 4) is 17.1 Å². The molecule has 1 fully saturated rings. The van der Waals surface area contributed by atoms with Gasteiger partial charge in [-0.3, -0.25) is 0 Å². The Morgan fingerprint density at radius 1 is 1.15 bits per heavy atom. The van der Waals surface area contributed by atoms with Crippen molar-refractivity contribution in [1.82, 2.24) is 14.7 Å². The van der Waals surface area contributed by atoms with Crippen molar-refractivity contribution < 1.29 is 17.5 Å². The number of hydrogen-bond acceptors (Lipinski definition) is 5. The lowest BCUT2D eigenvalue weighted by Gasteiger charge is -2.31. The molecule has 0 spiro atoms. The van der Waals surface area contributed by atoms with Crippen molar-refractivity contribution >= 4 is 10.0 Å². The summed E-state index contributed by atoms with van der Waals surface area (Å²) in [5, 5.41) is 0. The van der Waals surface area contributed by atoms with Gasteiger partial charge in [0.2, 0.25) is 10.0 Å². The van der Waals surface area contributed by atoms with Crippen LogP contribution in [0.5, 0.6) is 5.75 Å². The molecule has 26 heavy (non-hydrogen) atoms. The second-order valence-corrected chi connectivity index (χ2v) is 8.38. The Hall–Kier alpha value is -2.06. The lowest BCUT2D eigenvalue weighted by atomic mass is 9.86. The fraction of sp³-hybridized carbons (Fsp3) is 0.444. The standard InChI is InChI=1S/C18H22FN3O3S/c1-26(23,24)22-17-5-3-2-4-14(17)12-25-16-8-6-13(7-9-16)18-20-10-15(19)11-21-18/h6-11,14,17,22H,2-5,12H2,1H3/t14-,17+/m1/s1. The molecule has 2 atom stereocenters. The zero-order valence-electron chi connectivity index (χ0n) is 14.6. The van der Waals surface area contributed by atoms with Gasteiger partial charge >= 0.3 is 0 Å². The van der Waals surface area contributed by atoms with Crippen LogP contribution in [0.2, 0.25) is 0 Å². The van der Waals surface area contributed by atoms with Gasteiger partial charge in [0.05, 0.1) is 25.3 Å². The highest BCUT2D eigenvalue weighted by atomic mass is 32.2. The fourth-order valence-electron chi connectivity index (χ4n) is 3.20. The molecule has 0 bridgehead atoms. The second kappa shape index (κ2) is 8.09. The number of nitrogens with one attached hydrogen (secondary N) is 1. The van der Waals surface area contributed by atoms with Crippen LogP contribution in [0.15, 0.2) is 36.7 Å². The molecule has 1 saturated carbocycles. The molecule has 140 valence electrons. The van der Waals surface area contributed by atoms with Crippen molar-refractivity contribution in [2.45, 2.75) is 31.7 Å². The summed E-state index contributed by atoms with van der Waals surface area (Å²) in [6.07, 6.45) is 7.33. The zero-order valence-corrected chi connectivity index (χ0v) is 15.4. The first kappa shape index (κ1) is 18.7. The van der Waals surface area contributed by atoms with E-state index in [1.807, 2.05) is 24.3 Å². The molecule has 0 aliphatic heterocycles. The predicted octanol–water partition coefficient (Wildman–Crippen LogP) is 2.77. The van der Waals surface area contributed by atoms with Gasteiger partial charge in [-0.25, -0.2) is 27.5 Å². The van der Waals surface area contributed by atoms with Crippen molar-refractivity contribution in [1.29, 1.82) is 0 Å². The fourth-order valence-corrected chi connectivity index (χ4v) is 4.06. The van der Waals surface area contributed by atoms with Crippen LogP contribution in [0.25, 0.3) is 11.4 Å². The molecule has 1 aromatic carbocycles. The third kappa shape index (κ3) is 5.22. The van der Waals surface area contributed by atoms with Gasteiger partial charge in [0.1, 0.15) is 5.75 Å². The maximum absolute atomic E-state index is 12.9. The number of rotatable bonds is 6. The summed E-state index contributed by atoms with van der Waals surface area (Å²) in [5.74, 6) is 0.819. The molecule has 0 unspecified atom stereocenters. The molecule has 8 heteroatoms. The first-order chi connectivity index (χ1) is 12.4. The molecule has 1 aliphatic carbocycles. The predicted molar refractivity (Wildman–Crippen MR) is 96.6 cm³/mol. The van der Waals surface area contributed by atoms with E-state index in [2.05, 4.69) is 14.7 Å². The van der Waals surface area contributed by atoms with Crippen molar-refractivity contribution in [2.24, 2.45) is 5.92 Å². The Morgan fingerprint density at radius 2 is 1.81 bits per heavy atom. The maximum Gasteiger partial charge on any atom is 0.208 e. The second-order valence-electron chi connectivity index (χ2n) is 6.60. The van der Waals surface area contributed by atoms with Gasteiger partial charge in [-0.05, 0) is 37.1 Å². The molecular formula is C18H22FN3O3S. The van der Waals surface area contributed by atoms with E-state index in [0.29, 0.717) is 18.2 Å². The first-order valence-electron chi connectivity index (χ1n) is 8.59. The Kier molecular flexibility index (Phi) is 5.83. The summed E-state index contributed by atoms with van der Waals surface area (Å²) < 4.78 is 44.5. The number of ether oxygens (including phenoxy) is 1. The Balaban J connectivity index is 1.61. The lowest BCUT2D eigenvalue weighted by molar-refractivity contribution is 0.180. The van der Waals surface area contributed by atoms with Crippen LogP contribution in [0.1, 0.15) is 25.7 Å². The minimum Gasteiger partial charge on any atom is -0.493 e.